The maximum Gasteiger partial charge on any atom is 0.0635 e. The average molecular weight is 234 g/mol. The number of nitrogens with zero attached hydrogens (tertiary/aromatic N) is 1. The summed E-state index contributed by atoms with van der Waals surface area (Å²) in [4.78, 5) is 0. The van der Waals surface area contributed by atoms with E-state index in [1.165, 1.54) is 57.8 Å². The Morgan fingerprint density at radius 3 is 2.41 bits per heavy atom. The Kier molecular flexibility index (Phi) is 5.32. The lowest BCUT2D eigenvalue weighted by molar-refractivity contribution is 0.151. The van der Waals surface area contributed by atoms with Crippen LogP contribution >= 0.6 is 0 Å². The van der Waals surface area contributed by atoms with Crippen LogP contribution in [-0.2, 0) is 0 Å². The Bertz CT molecular complexity index is 250. The Morgan fingerprint density at radius 1 is 0.941 bits per heavy atom. The largest absolute Gasteiger partial charge is 0.313 e. The number of rotatable bonds is 4. The van der Waals surface area contributed by atoms with Crippen molar-refractivity contribution in [2.24, 2.45) is 11.8 Å². The minimum Gasteiger partial charge on any atom is -0.313 e. The van der Waals surface area contributed by atoms with Crippen molar-refractivity contribution in [2.75, 3.05) is 6.54 Å². The van der Waals surface area contributed by atoms with Gasteiger partial charge in [-0.15, -0.1) is 0 Å². The summed E-state index contributed by atoms with van der Waals surface area (Å²) in [5.74, 6) is 1.88. The summed E-state index contributed by atoms with van der Waals surface area (Å²) in [5, 5.41) is 12.3. The maximum atomic E-state index is 8.62. The standard InChI is InChI=1S/C15H26N2/c16-11-6-12-17-15-10-5-4-9-14(15)13-7-2-1-3-8-13/h13-15,17H,1-10,12H2. The molecule has 2 aliphatic carbocycles. The lowest BCUT2D eigenvalue weighted by atomic mass is 9.71. The molecule has 0 amide bonds. The predicted octanol–water partition coefficient (Wildman–Crippen LogP) is 3.63. The minimum atomic E-state index is 0.661. The number of nitriles is 1. The Labute approximate surface area is 106 Å². The van der Waals surface area contributed by atoms with Gasteiger partial charge < -0.3 is 5.32 Å². The highest BCUT2D eigenvalue weighted by atomic mass is 14.9. The smallest absolute Gasteiger partial charge is 0.0635 e. The highest BCUT2D eigenvalue weighted by molar-refractivity contribution is 4.87. The number of hydrogen-bond acceptors (Lipinski definition) is 2. The van der Waals surface area contributed by atoms with Crippen molar-refractivity contribution in [2.45, 2.75) is 70.3 Å². The van der Waals surface area contributed by atoms with Crippen LogP contribution in [0.5, 0.6) is 0 Å². The fourth-order valence-corrected chi connectivity index (χ4v) is 3.85. The highest BCUT2D eigenvalue weighted by Gasteiger charge is 2.31. The molecule has 1 N–H and O–H groups in total. The van der Waals surface area contributed by atoms with Crippen molar-refractivity contribution >= 4 is 0 Å². The minimum absolute atomic E-state index is 0.661. The van der Waals surface area contributed by atoms with Crippen LogP contribution in [-0.4, -0.2) is 12.6 Å². The van der Waals surface area contributed by atoms with Gasteiger partial charge in [0.25, 0.3) is 0 Å². The second-order valence-corrected chi connectivity index (χ2v) is 5.82. The fraction of sp³-hybridized carbons (Fsp3) is 0.933. The molecule has 2 rings (SSSR count). The van der Waals surface area contributed by atoms with Gasteiger partial charge in [-0.2, -0.15) is 5.26 Å². The summed E-state index contributed by atoms with van der Waals surface area (Å²) in [7, 11) is 0. The monoisotopic (exact) mass is 234 g/mol. The van der Waals surface area contributed by atoms with E-state index in [2.05, 4.69) is 11.4 Å². The molecule has 2 nitrogen and oxygen atoms in total. The van der Waals surface area contributed by atoms with Crippen molar-refractivity contribution < 1.29 is 0 Å². The summed E-state index contributed by atoms with van der Waals surface area (Å²) < 4.78 is 0. The van der Waals surface area contributed by atoms with Crippen molar-refractivity contribution in [3.63, 3.8) is 0 Å². The number of nitrogens with one attached hydrogen (secondary N) is 1. The van der Waals surface area contributed by atoms with Gasteiger partial charge in [-0.25, -0.2) is 0 Å². The number of hydrogen-bond donors (Lipinski definition) is 1. The van der Waals surface area contributed by atoms with E-state index < -0.39 is 0 Å². The first-order chi connectivity index (χ1) is 8.42. The molecule has 0 spiro atoms. The Morgan fingerprint density at radius 2 is 1.65 bits per heavy atom. The summed E-state index contributed by atoms with van der Waals surface area (Å²) in [6.07, 6.45) is 13.5. The zero-order valence-electron chi connectivity index (χ0n) is 11.0. The van der Waals surface area contributed by atoms with E-state index in [0.717, 1.165) is 18.4 Å². The van der Waals surface area contributed by atoms with Gasteiger partial charge in [0.15, 0.2) is 0 Å². The van der Waals surface area contributed by atoms with Crippen molar-refractivity contribution in [3.8, 4) is 6.07 Å². The molecule has 2 unspecified atom stereocenters. The van der Waals surface area contributed by atoms with Gasteiger partial charge >= 0.3 is 0 Å². The second kappa shape index (κ2) is 7.01. The molecule has 2 aliphatic rings. The van der Waals surface area contributed by atoms with Crippen LogP contribution < -0.4 is 5.32 Å². The average Bonchev–Trinajstić information content (AvgIpc) is 2.41. The van der Waals surface area contributed by atoms with Crippen LogP contribution in [0.15, 0.2) is 0 Å². The van der Waals surface area contributed by atoms with Gasteiger partial charge in [-0.1, -0.05) is 44.9 Å². The second-order valence-electron chi connectivity index (χ2n) is 5.82. The van der Waals surface area contributed by atoms with Crippen molar-refractivity contribution in [1.82, 2.24) is 5.32 Å². The highest BCUT2D eigenvalue weighted by Crippen LogP contribution is 2.38. The first-order valence-electron chi connectivity index (χ1n) is 7.52. The van der Waals surface area contributed by atoms with Gasteiger partial charge in [0.2, 0.25) is 0 Å². The molecule has 17 heavy (non-hydrogen) atoms. The molecule has 2 fully saturated rings. The molecule has 2 atom stereocenters. The molecule has 0 aromatic heterocycles. The summed E-state index contributed by atoms with van der Waals surface area (Å²) in [6.45, 7) is 0.893. The SMILES string of the molecule is N#CCCNC1CCCCC1C1CCCCC1. The van der Waals surface area contributed by atoms with Crippen molar-refractivity contribution in [1.29, 1.82) is 5.26 Å². The van der Waals surface area contributed by atoms with Crippen LogP contribution in [0.2, 0.25) is 0 Å². The van der Waals surface area contributed by atoms with Gasteiger partial charge in [-0.3, -0.25) is 0 Å². The molecule has 0 heterocycles. The lowest BCUT2D eigenvalue weighted by Gasteiger charge is -2.39. The van der Waals surface area contributed by atoms with Gasteiger partial charge in [0, 0.05) is 19.0 Å². The third-order valence-electron chi connectivity index (χ3n) is 4.72. The van der Waals surface area contributed by atoms with E-state index in [1.54, 1.807) is 0 Å². The quantitative estimate of drug-likeness (QED) is 0.754. The maximum absolute atomic E-state index is 8.62. The van der Waals surface area contributed by atoms with Gasteiger partial charge in [-0.05, 0) is 24.7 Å². The predicted molar refractivity (Wildman–Crippen MR) is 70.6 cm³/mol. The van der Waals surface area contributed by atoms with E-state index in [1.807, 2.05) is 0 Å². The zero-order valence-corrected chi connectivity index (χ0v) is 11.0. The van der Waals surface area contributed by atoms with Crippen LogP contribution in [0.25, 0.3) is 0 Å². The first kappa shape index (κ1) is 12.9. The molecule has 0 saturated heterocycles. The normalized spacial score (nSPS) is 31.0. The first-order valence-corrected chi connectivity index (χ1v) is 7.52. The fourth-order valence-electron chi connectivity index (χ4n) is 3.85. The lowest BCUT2D eigenvalue weighted by Crippen LogP contribution is -2.42. The van der Waals surface area contributed by atoms with Gasteiger partial charge in [0.1, 0.15) is 0 Å². The molecule has 96 valence electrons. The molecule has 0 radical (unpaired) electrons. The van der Waals surface area contributed by atoms with Crippen LogP contribution in [0.4, 0.5) is 0 Å². The van der Waals surface area contributed by atoms with E-state index >= 15 is 0 Å². The summed E-state index contributed by atoms with van der Waals surface area (Å²) in [6, 6.07) is 2.95. The topological polar surface area (TPSA) is 35.8 Å². The molecule has 0 aromatic rings. The van der Waals surface area contributed by atoms with Crippen LogP contribution in [0.1, 0.15) is 64.2 Å². The Hall–Kier alpha value is -0.550. The van der Waals surface area contributed by atoms with E-state index in [9.17, 15) is 0 Å². The molecule has 0 aliphatic heterocycles. The Balaban J connectivity index is 1.84. The molecular weight excluding hydrogens is 208 g/mol. The molecule has 0 bridgehead atoms. The summed E-state index contributed by atoms with van der Waals surface area (Å²) >= 11 is 0. The molecule has 0 aromatic carbocycles. The van der Waals surface area contributed by atoms with E-state index in [0.29, 0.717) is 12.5 Å². The third-order valence-corrected chi connectivity index (χ3v) is 4.72. The van der Waals surface area contributed by atoms with E-state index in [-0.39, 0.29) is 0 Å². The molecular formula is C15H26N2. The van der Waals surface area contributed by atoms with Crippen LogP contribution in [0, 0.1) is 23.2 Å². The molecule has 2 saturated carbocycles. The zero-order chi connectivity index (χ0) is 11.9. The third kappa shape index (κ3) is 3.71. The van der Waals surface area contributed by atoms with E-state index in [4.69, 9.17) is 5.26 Å². The van der Waals surface area contributed by atoms with Crippen LogP contribution in [0.3, 0.4) is 0 Å². The summed E-state index contributed by atoms with van der Waals surface area (Å²) in [5.41, 5.74) is 0. The van der Waals surface area contributed by atoms with Gasteiger partial charge in [0.05, 0.1) is 6.07 Å². The van der Waals surface area contributed by atoms with Crippen molar-refractivity contribution in [3.05, 3.63) is 0 Å². The molecule has 2 heteroatoms.